The van der Waals surface area contributed by atoms with Crippen molar-refractivity contribution in [2.24, 2.45) is 0 Å². The molecule has 0 atom stereocenters. The van der Waals surface area contributed by atoms with Crippen LogP contribution in [0, 0.1) is 0 Å². The molecule has 0 bridgehead atoms. The third kappa shape index (κ3) is 2.34. The third-order valence-corrected chi connectivity index (χ3v) is 1.33. The summed E-state index contributed by atoms with van der Waals surface area (Å²) in [5.41, 5.74) is 0. The van der Waals surface area contributed by atoms with Crippen LogP contribution in [0.2, 0.25) is 0 Å². The van der Waals surface area contributed by atoms with E-state index in [-0.39, 0.29) is 23.1 Å². The van der Waals surface area contributed by atoms with Crippen LogP contribution < -0.4 is 0 Å². The predicted octanol–water partition coefficient (Wildman–Crippen LogP) is 0.145. The van der Waals surface area contributed by atoms with Crippen molar-refractivity contribution in [1.82, 2.24) is 0 Å². The van der Waals surface area contributed by atoms with E-state index in [1.54, 1.807) is 0 Å². The molecule has 0 saturated heterocycles. The number of hydrogen-bond donors (Lipinski definition) is 2. The van der Waals surface area contributed by atoms with E-state index >= 15 is 0 Å². The van der Waals surface area contributed by atoms with Crippen molar-refractivity contribution in [3.05, 3.63) is 0 Å². The summed E-state index contributed by atoms with van der Waals surface area (Å²) in [6, 6.07) is 0. The Hall–Kier alpha value is -0.714. The molecular weight excluding hydrogens is 262 g/mol. The number of hydrogen-bond acceptors (Lipinski definition) is 2. The molecule has 16 heavy (non-hydrogen) atoms. The minimum Gasteiger partial charge on any atom is -0.477 e. The van der Waals surface area contributed by atoms with Crippen molar-refractivity contribution in [2.75, 3.05) is 0 Å². The van der Waals surface area contributed by atoms with E-state index in [0.29, 0.717) is 0 Å². The van der Waals surface area contributed by atoms with Gasteiger partial charge in [0.15, 0.2) is 0 Å². The van der Waals surface area contributed by atoms with Crippen molar-refractivity contribution < 1.29 is 46.1 Å². The maximum atomic E-state index is 12.2. The van der Waals surface area contributed by atoms with Gasteiger partial charge in [-0.3, -0.25) is 0 Å². The van der Waals surface area contributed by atoms with E-state index in [4.69, 9.17) is 10.2 Å². The highest BCUT2D eigenvalue weighted by atomic mass is 24.3. The fourth-order valence-corrected chi connectivity index (χ4v) is 0.466. The Morgan fingerprint density at radius 2 is 0.938 bits per heavy atom. The van der Waals surface area contributed by atoms with E-state index in [2.05, 4.69) is 0 Å². The Morgan fingerprint density at radius 1 is 0.750 bits per heavy atom. The molecule has 0 heterocycles. The van der Waals surface area contributed by atoms with Crippen LogP contribution in [0.25, 0.3) is 0 Å². The maximum Gasteiger partial charge on any atom is 0.411 e. The lowest BCUT2D eigenvalue weighted by atomic mass is 10.1. The fourth-order valence-electron chi connectivity index (χ4n) is 0.466. The van der Waals surface area contributed by atoms with Crippen LogP contribution >= 0.6 is 0 Å². The van der Waals surface area contributed by atoms with Crippen LogP contribution in [0.1, 0.15) is 0 Å². The Kier molecular flexibility index (Phi) is 5.14. The second-order valence-electron chi connectivity index (χ2n) is 2.33. The van der Waals surface area contributed by atoms with Crippen LogP contribution in [0.5, 0.6) is 0 Å². The number of halogens is 6. The number of carbonyl (C=O) groups is 2. The molecule has 2 N–H and O–H groups in total. The molecule has 0 unspecified atom stereocenters. The number of carboxylic acids is 2. The van der Waals surface area contributed by atoms with Crippen molar-refractivity contribution >= 4 is 35.0 Å². The molecule has 0 aliphatic rings. The summed E-state index contributed by atoms with van der Waals surface area (Å²) in [5, 5.41) is 15.1. The van der Waals surface area contributed by atoms with Crippen molar-refractivity contribution in [2.45, 2.75) is 17.8 Å². The zero-order valence-corrected chi connectivity index (χ0v) is 6.48. The smallest absolute Gasteiger partial charge is 0.411 e. The molecule has 0 amide bonds. The molecule has 0 spiro atoms. The van der Waals surface area contributed by atoms with Crippen molar-refractivity contribution in [3.8, 4) is 0 Å². The maximum absolute atomic E-state index is 12.2. The van der Waals surface area contributed by atoms with Gasteiger partial charge < -0.3 is 10.2 Å². The van der Waals surface area contributed by atoms with Crippen molar-refractivity contribution in [3.63, 3.8) is 0 Å². The van der Waals surface area contributed by atoms with Gasteiger partial charge in [0, 0.05) is 0 Å². The summed E-state index contributed by atoms with van der Waals surface area (Å²) in [7, 11) is 0. The molecule has 0 aliphatic carbocycles. The van der Waals surface area contributed by atoms with Gasteiger partial charge in [0.2, 0.25) is 0 Å². The SMILES string of the molecule is O=C(O)C(F)(F)C(F)(F)C(F)(F)C(=O)O.[MgH2]. The summed E-state index contributed by atoms with van der Waals surface area (Å²) in [6.45, 7) is 0. The average molecular weight is 266 g/mol. The zero-order chi connectivity index (χ0) is 12.7. The average Bonchev–Trinajstić information content (AvgIpc) is 2.02. The van der Waals surface area contributed by atoms with Gasteiger partial charge in [-0.05, 0) is 0 Å². The van der Waals surface area contributed by atoms with Crippen LogP contribution in [0.4, 0.5) is 26.3 Å². The highest BCUT2D eigenvalue weighted by Gasteiger charge is 2.78. The number of rotatable bonds is 4. The van der Waals surface area contributed by atoms with Crippen LogP contribution in [0.3, 0.4) is 0 Å². The molecule has 0 aromatic heterocycles. The van der Waals surface area contributed by atoms with Gasteiger partial charge in [0.1, 0.15) is 0 Å². The van der Waals surface area contributed by atoms with Gasteiger partial charge in [-0.25, -0.2) is 9.59 Å². The minimum atomic E-state index is -6.53. The lowest BCUT2D eigenvalue weighted by Crippen LogP contribution is -2.60. The molecule has 0 aromatic carbocycles. The van der Waals surface area contributed by atoms with E-state index in [9.17, 15) is 35.9 Å². The van der Waals surface area contributed by atoms with Gasteiger partial charge in [0.25, 0.3) is 0 Å². The predicted molar refractivity (Wildman–Crippen MR) is 38.7 cm³/mol. The zero-order valence-electron chi connectivity index (χ0n) is 6.48. The highest BCUT2D eigenvalue weighted by molar-refractivity contribution is 5.82. The summed E-state index contributed by atoms with van der Waals surface area (Å²) >= 11 is 0. The number of alkyl halides is 6. The second kappa shape index (κ2) is 4.65. The molecule has 0 saturated carbocycles. The van der Waals surface area contributed by atoms with Crippen LogP contribution in [-0.2, 0) is 9.59 Å². The van der Waals surface area contributed by atoms with Gasteiger partial charge in [-0.2, -0.15) is 26.3 Å². The van der Waals surface area contributed by atoms with Gasteiger partial charge >= 0.3 is 52.8 Å². The Labute approximate surface area is 99.4 Å². The molecule has 11 heteroatoms. The van der Waals surface area contributed by atoms with E-state index < -0.39 is 29.7 Å². The van der Waals surface area contributed by atoms with E-state index in [1.165, 1.54) is 0 Å². The summed E-state index contributed by atoms with van der Waals surface area (Å²) < 4.78 is 72.8. The molecule has 4 nitrogen and oxygen atoms in total. The Morgan fingerprint density at radius 3 is 1.06 bits per heavy atom. The quantitative estimate of drug-likeness (QED) is 0.561. The molecule has 0 aliphatic heterocycles. The lowest BCUT2D eigenvalue weighted by Gasteiger charge is -2.27. The van der Waals surface area contributed by atoms with Gasteiger partial charge in [-0.15, -0.1) is 0 Å². The first-order valence-corrected chi connectivity index (χ1v) is 2.99. The standard InChI is InChI=1S/C5H2F6O4.Mg.2H/c6-3(7,1(12)13)5(10,11)4(8,9)2(14)15;;;/h(H,12,13)(H,14,15);;;. The Bertz CT molecular complexity index is 275. The first kappa shape index (κ1) is 17.7. The fraction of sp³-hybridized carbons (Fsp3) is 0.600. The lowest BCUT2D eigenvalue weighted by molar-refractivity contribution is -0.298. The minimum absolute atomic E-state index is 0. The molecule has 0 radical (unpaired) electrons. The Balaban J connectivity index is 0. The van der Waals surface area contributed by atoms with Crippen molar-refractivity contribution in [1.29, 1.82) is 0 Å². The second-order valence-corrected chi connectivity index (χ2v) is 2.33. The third-order valence-electron chi connectivity index (χ3n) is 1.33. The molecular formula is C5H4F6MgO4. The van der Waals surface area contributed by atoms with Gasteiger partial charge in [-0.1, -0.05) is 0 Å². The van der Waals surface area contributed by atoms with Crippen LogP contribution in [-0.4, -0.2) is 63.0 Å². The van der Waals surface area contributed by atoms with Crippen LogP contribution in [0.15, 0.2) is 0 Å². The first-order chi connectivity index (χ1) is 6.39. The number of aliphatic carboxylic acids is 2. The van der Waals surface area contributed by atoms with E-state index in [1.807, 2.05) is 0 Å². The molecule has 0 aromatic rings. The van der Waals surface area contributed by atoms with Gasteiger partial charge in [0.05, 0.1) is 0 Å². The molecule has 0 rings (SSSR count). The monoisotopic (exact) mass is 266 g/mol. The number of carboxylic acid groups (broad SMARTS) is 2. The summed E-state index contributed by atoms with van der Waals surface area (Å²) in [6.07, 6.45) is 0. The molecule has 0 fully saturated rings. The molecule has 92 valence electrons. The first-order valence-electron chi connectivity index (χ1n) is 2.99. The normalized spacial score (nSPS) is 12.9. The largest absolute Gasteiger partial charge is 0.477 e. The van der Waals surface area contributed by atoms with E-state index in [0.717, 1.165) is 0 Å². The highest BCUT2D eigenvalue weighted by Crippen LogP contribution is 2.45. The summed E-state index contributed by atoms with van der Waals surface area (Å²) in [5.74, 6) is -26.0. The summed E-state index contributed by atoms with van der Waals surface area (Å²) in [4.78, 5) is 19.2. The topological polar surface area (TPSA) is 74.6 Å².